The molecule has 1 fully saturated rings. The number of hydrogen-bond acceptors (Lipinski definition) is 5. The van der Waals surface area contributed by atoms with E-state index in [9.17, 15) is 5.11 Å². The normalized spacial score (nSPS) is 18.2. The Hall–Kier alpha value is -2.18. The summed E-state index contributed by atoms with van der Waals surface area (Å²) in [6.45, 7) is 3.04. The van der Waals surface area contributed by atoms with Crippen LogP contribution < -0.4 is 5.73 Å². The molecule has 1 aliphatic rings. The Morgan fingerprint density at radius 1 is 1.32 bits per heavy atom. The first-order valence-corrected chi connectivity index (χ1v) is 8.95. The lowest BCUT2D eigenvalue weighted by Crippen LogP contribution is -2.39. The molecule has 1 aliphatic carbocycles. The van der Waals surface area contributed by atoms with Crippen LogP contribution in [0.3, 0.4) is 0 Å². The maximum Gasteiger partial charge on any atom is 0.152 e. The van der Waals surface area contributed by atoms with E-state index in [2.05, 4.69) is 14.5 Å². The molecule has 4 rings (SSSR count). The van der Waals surface area contributed by atoms with Crippen LogP contribution >= 0.6 is 0 Å². The van der Waals surface area contributed by atoms with Crippen LogP contribution in [0.2, 0.25) is 0 Å². The van der Waals surface area contributed by atoms with Crippen molar-refractivity contribution in [2.24, 2.45) is 0 Å². The van der Waals surface area contributed by atoms with Gasteiger partial charge in [-0.15, -0.1) is 0 Å². The fourth-order valence-electron chi connectivity index (χ4n) is 4.05. The van der Waals surface area contributed by atoms with Crippen molar-refractivity contribution >= 4 is 27.8 Å². The number of benzene rings is 1. The summed E-state index contributed by atoms with van der Waals surface area (Å²) in [5, 5.41) is 12.3. The van der Waals surface area contributed by atoms with Crippen LogP contribution in [0.5, 0.6) is 0 Å². The summed E-state index contributed by atoms with van der Waals surface area (Å²) in [5.74, 6) is 0.418. The smallest absolute Gasteiger partial charge is 0.152 e. The number of aromatic nitrogens is 3. The third-order valence-electron chi connectivity index (χ3n) is 5.34. The molecule has 0 aliphatic heterocycles. The fraction of sp³-hybridized carbons (Fsp3) is 0.474. The third kappa shape index (κ3) is 2.65. The van der Waals surface area contributed by atoms with Crippen LogP contribution in [0.25, 0.3) is 21.9 Å². The summed E-state index contributed by atoms with van der Waals surface area (Å²) in [5.41, 5.74) is 7.81. The predicted octanol–water partition coefficient (Wildman–Crippen LogP) is 3.05. The number of para-hydroxylation sites is 1. The first kappa shape index (κ1) is 16.3. The summed E-state index contributed by atoms with van der Waals surface area (Å²) in [7, 11) is 0. The van der Waals surface area contributed by atoms with Crippen LogP contribution in [0.15, 0.2) is 30.6 Å². The molecule has 3 aromatic rings. The van der Waals surface area contributed by atoms with E-state index in [4.69, 9.17) is 10.5 Å². The zero-order valence-corrected chi connectivity index (χ0v) is 14.5. The molecule has 0 saturated heterocycles. The Morgan fingerprint density at radius 3 is 2.84 bits per heavy atom. The molecule has 0 bridgehead atoms. The van der Waals surface area contributed by atoms with E-state index in [1.54, 1.807) is 6.33 Å². The molecule has 6 nitrogen and oxygen atoms in total. The van der Waals surface area contributed by atoms with Crippen molar-refractivity contribution in [2.45, 2.75) is 44.2 Å². The quantitative estimate of drug-likeness (QED) is 0.745. The SMILES string of the molecule is CCOC[C@@H](n1cnc2c(N)nc3ccccc3c21)C1(O)CCCC1. The van der Waals surface area contributed by atoms with Gasteiger partial charge in [-0.3, -0.25) is 0 Å². The monoisotopic (exact) mass is 340 g/mol. The minimum absolute atomic E-state index is 0.190. The first-order chi connectivity index (χ1) is 12.1. The molecule has 2 heterocycles. The Kier molecular flexibility index (Phi) is 4.09. The van der Waals surface area contributed by atoms with Gasteiger partial charge < -0.3 is 20.1 Å². The second-order valence-corrected chi connectivity index (χ2v) is 6.85. The first-order valence-electron chi connectivity index (χ1n) is 8.95. The number of nitrogen functional groups attached to an aromatic ring is 1. The minimum Gasteiger partial charge on any atom is -0.388 e. The van der Waals surface area contributed by atoms with E-state index in [0.717, 1.165) is 42.1 Å². The maximum absolute atomic E-state index is 11.3. The van der Waals surface area contributed by atoms with Gasteiger partial charge in [0.05, 0.1) is 35.6 Å². The number of hydrogen-bond donors (Lipinski definition) is 2. The van der Waals surface area contributed by atoms with Crippen molar-refractivity contribution in [3.05, 3.63) is 30.6 Å². The van der Waals surface area contributed by atoms with E-state index >= 15 is 0 Å². The number of nitrogens with two attached hydrogens (primary N) is 1. The van der Waals surface area contributed by atoms with Gasteiger partial charge >= 0.3 is 0 Å². The molecular formula is C19H24N4O2. The van der Waals surface area contributed by atoms with Gasteiger partial charge in [-0.05, 0) is 25.8 Å². The molecule has 6 heteroatoms. The summed E-state index contributed by atoms with van der Waals surface area (Å²) in [4.78, 5) is 8.97. The standard InChI is InChI=1S/C19H24N4O2/c1-2-25-11-15(19(24)9-5-6-10-19)23-12-21-16-17(23)13-7-3-4-8-14(13)22-18(16)20/h3-4,7-8,12,15,24H,2,5-6,9-11H2,1H3,(H2,20,22)/t15-/m1/s1. The Labute approximate surface area is 146 Å². The van der Waals surface area contributed by atoms with Crippen LogP contribution in [-0.2, 0) is 4.74 Å². The molecule has 1 atom stereocenters. The largest absolute Gasteiger partial charge is 0.388 e. The summed E-state index contributed by atoms with van der Waals surface area (Å²) < 4.78 is 7.79. The molecule has 25 heavy (non-hydrogen) atoms. The Bertz CT molecular complexity index is 899. The zero-order valence-electron chi connectivity index (χ0n) is 14.5. The lowest BCUT2D eigenvalue weighted by atomic mass is 9.92. The molecular weight excluding hydrogens is 316 g/mol. The zero-order chi connectivity index (χ0) is 17.4. The maximum atomic E-state index is 11.3. The van der Waals surface area contributed by atoms with Crippen molar-refractivity contribution in [3.63, 3.8) is 0 Å². The summed E-state index contributed by atoms with van der Waals surface area (Å²) in [6, 6.07) is 7.72. The molecule has 0 spiro atoms. The van der Waals surface area contributed by atoms with Gasteiger partial charge in [0, 0.05) is 12.0 Å². The number of ether oxygens (including phenoxy) is 1. The van der Waals surface area contributed by atoms with Crippen LogP contribution in [0, 0.1) is 0 Å². The third-order valence-corrected chi connectivity index (χ3v) is 5.34. The Morgan fingerprint density at radius 2 is 2.08 bits per heavy atom. The van der Waals surface area contributed by atoms with Gasteiger partial charge in [-0.25, -0.2) is 9.97 Å². The van der Waals surface area contributed by atoms with E-state index < -0.39 is 5.60 Å². The van der Waals surface area contributed by atoms with Gasteiger partial charge in [-0.2, -0.15) is 0 Å². The fourth-order valence-corrected chi connectivity index (χ4v) is 4.05. The van der Waals surface area contributed by atoms with Crippen molar-refractivity contribution < 1.29 is 9.84 Å². The van der Waals surface area contributed by atoms with Crippen molar-refractivity contribution in [2.75, 3.05) is 18.9 Å². The van der Waals surface area contributed by atoms with E-state index in [1.165, 1.54) is 0 Å². The highest BCUT2D eigenvalue weighted by Crippen LogP contribution is 2.41. The van der Waals surface area contributed by atoms with Gasteiger partial charge in [0.15, 0.2) is 5.82 Å². The number of imidazole rings is 1. The van der Waals surface area contributed by atoms with Gasteiger partial charge in [0.25, 0.3) is 0 Å². The van der Waals surface area contributed by atoms with Crippen LogP contribution in [0.4, 0.5) is 5.82 Å². The highest BCUT2D eigenvalue weighted by molar-refractivity contribution is 6.06. The summed E-state index contributed by atoms with van der Waals surface area (Å²) >= 11 is 0. The lowest BCUT2D eigenvalue weighted by Gasteiger charge is -2.34. The summed E-state index contributed by atoms with van der Waals surface area (Å²) in [6.07, 6.45) is 5.41. The van der Waals surface area contributed by atoms with Crippen molar-refractivity contribution in [1.82, 2.24) is 14.5 Å². The number of pyridine rings is 1. The average molecular weight is 340 g/mol. The highest BCUT2D eigenvalue weighted by Gasteiger charge is 2.41. The molecule has 0 unspecified atom stereocenters. The molecule has 132 valence electrons. The number of nitrogens with zero attached hydrogens (tertiary/aromatic N) is 3. The van der Waals surface area contributed by atoms with Crippen molar-refractivity contribution in [3.8, 4) is 0 Å². The number of rotatable bonds is 5. The number of aliphatic hydroxyl groups is 1. The second kappa shape index (κ2) is 6.28. The molecule has 2 aromatic heterocycles. The second-order valence-electron chi connectivity index (χ2n) is 6.85. The van der Waals surface area contributed by atoms with Crippen LogP contribution in [0.1, 0.15) is 38.6 Å². The van der Waals surface area contributed by atoms with E-state index in [1.807, 2.05) is 31.2 Å². The van der Waals surface area contributed by atoms with E-state index in [0.29, 0.717) is 24.5 Å². The topological polar surface area (TPSA) is 86.2 Å². The van der Waals surface area contributed by atoms with Crippen molar-refractivity contribution in [1.29, 1.82) is 0 Å². The molecule has 0 radical (unpaired) electrons. The van der Waals surface area contributed by atoms with Gasteiger partial charge in [0.2, 0.25) is 0 Å². The van der Waals surface area contributed by atoms with Gasteiger partial charge in [-0.1, -0.05) is 31.0 Å². The highest BCUT2D eigenvalue weighted by atomic mass is 16.5. The lowest BCUT2D eigenvalue weighted by molar-refractivity contribution is -0.0399. The van der Waals surface area contributed by atoms with Crippen LogP contribution in [-0.4, -0.2) is 38.5 Å². The predicted molar refractivity (Wildman–Crippen MR) is 98.4 cm³/mol. The van der Waals surface area contributed by atoms with E-state index in [-0.39, 0.29) is 6.04 Å². The van der Waals surface area contributed by atoms with Gasteiger partial charge in [0.1, 0.15) is 5.52 Å². The molecule has 1 saturated carbocycles. The molecule has 0 amide bonds. The number of fused-ring (bicyclic) bond motifs is 3. The minimum atomic E-state index is -0.776. The number of anilines is 1. The average Bonchev–Trinajstić information content (AvgIpc) is 3.24. The Balaban J connectivity index is 1.94. The molecule has 3 N–H and O–H groups in total. The molecule has 1 aromatic carbocycles.